The summed E-state index contributed by atoms with van der Waals surface area (Å²) in [7, 11) is -1.78. The third-order valence-electron chi connectivity index (χ3n) is 8.91. The molecule has 0 saturated carbocycles. The van der Waals surface area contributed by atoms with Gasteiger partial charge in [0, 0.05) is 37.9 Å². The van der Waals surface area contributed by atoms with Gasteiger partial charge in [-0.3, -0.25) is 14.4 Å². The van der Waals surface area contributed by atoms with Crippen LogP contribution in [0, 0.1) is 6.92 Å². The predicted octanol–water partition coefficient (Wildman–Crippen LogP) is 5.70. The quantitative estimate of drug-likeness (QED) is 0.149. The van der Waals surface area contributed by atoms with E-state index in [1.165, 1.54) is 13.0 Å². The summed E-state index contributed by atoms with van der Waals surface area (Å²) in [6, 6.07) is 18.8. The summed E-state index contributed by atoms with van der Waals surface area (Å²) in [6.07, 6.45) is 4.20. The maximum absolute atomic E-state index is 14.6. The molecule has 0 radical (unpaired) electrons. The smallest absolute Gasteiger partial charge is 0.274 e. The first-order valence-electron chi connectivity index (χ1n) is 17.3. The minimum Gasteiger partial charge on any atom is -0.412 e. The number of halogens is 1. The van der Waals surface area contributed by atoms with Crippen molar-refractivity contribution in [3.63, 3.8) is 0 Å². The Hall–Kier alpha value is -4.56. The molecular weight excluding hydrogens is 704 g/mol. The Bertz CT molecular complexity index is 1930. The zero-order valence-electron chi connectivity index (χ0n) is 29.9. The second-order valence-electron chi connectivity index (χ2n) is 12.7. The van der Waals surface area contributed by atoms with Crippen LogP contribution in [0.1, 0.15) is 84.1 Å². The molecule has 5 N–H and O–H groups in total. The van der Waals surface area contributed by atoms with Crippen LogP contribution in [0.5, 0.6) is 0 Å². The average Bonchev–Trinajstić information content (AvgIpc) is 3.52. The highest BCUT2D eigenvalue weighted by Gasteiger charge is 2.32. The van der Waals surface area contributed by atoms with Crippen molar-refractivity contribution in [1.29, 1.82) is 0 Å². The summed E-state index contributed by atoms with van der Waals surface area (Å²) in [4.78, 5) is 43.7. The first-order valence-corrected chi connectivity index (χ1v) is 18.8. The standard InChI is InChI=1S/C38H45ClN6O5S.H2O/c1-5-7-17-43(18-8-6-2)38(49)35-19-25(3)45(41-35)36-16-13-29(42-51(50)31-14-15-34(33(39)22-31)40-26(4)47)21-32(36)37(48)44-23-28-12-10-9-11-27(28)20-30(44)24-46;/h9-16,19,21-22,30,42,46H,5-8,17-18,20,23-24H2,1-4H3,(H,40,47);1H2/t30-,51?;/m0./s1. The molecule has 1 aliphatic heterocycles. The van der Waals surface area contributed by atoms with Gasteiger partial charge in [0.05, 0.1) is 39.5 Å². The van der Waals surface area contributed by atoms with E-state index in [0.717, 1.165) is 36.8 Å². The second-order valence-corrected chi connectivity index (χ2v) is 14.4. The Balaban J connectivity index is 0.00000605. The molecule has 0 spiro atoms. The molecule has 0 bridgehead atoms. The molecular formula is C38H47ClN6O6S. The van der Waals surface area contributed by atoms with Crippen molar-refractivity contribution in [1.82, 2.24) is 19.6 Å². The zero-order valence-corrected chi connectivity index (χ0v) is 31.5. The SMILES string of the molecule is CCCCN(CCCC)C(=O)c1cc(C)n(-c2ccc(NS(=O)c3ccc(NC(C)=O)c(Cl)c3)cc2C(=O)N2Cc3ccccc3C[C@H]2CO)n1.O. The Kier molecular flexibility index (Phi) is 14.1. The van der Waals surface area contributed by atoms with Crippen molar-refractivity contribution in [2.75, 3.05) is 29.7 Å². The summed E-state index contributed by atoms with van der Waals surface area (Å²) in [5.74, 6) is -0.779. The first kappa shape index (κ1) is 40.2. The predicted molar refractivity (Wildman–Crippen MR) is 204 cm³/mol. The molecule has 2 heterocycles. The van der Waals surface area contributed by atoms with Crippen LogP contribution < -0.4 is 10.0 Å². The van der Waals surface area contributed by atoms with E-state index in [0.29, 0.717) is 59.4 Å². The maximum atomic E-state index is 14.6. The van der Waals surface area contributed by atoms with Gasteiger partial charge < -0.3 is 30.4 Å². The van der Waals surface area contributed by atoms with Gasteiger partial charge in [-0.15, -0.1) is 0 Å². The van der Waals surface area contributed by atoms with Crippen molar-refractivity contribution in [3.05, 3.63) is 99.8 Å². The van der Waals surface area contributed by atoms with Crippen molar-refractivity contribution >= 4 is 51.7 Å². The molecule has 14 heteroatoms. The summed E-state index contributed by atoms with van der Waals surface area (Å²) < 4.78 is 18.1. The Labute approximate surface area is 312 Å². The lowest BCUT2D eigenvalue weighted by atomic mass is 9.93. The number of unbranched alkanes of at least 4 members (excludes halogenated alkanes) is 2. The number of aliphatic hydroxyl groups is 1. The van der Waals surface area contributed by atoms with E-state index in [1.807, 2.05) is 36.1 Å². The number of aliphatic hydroxyl groups excluding tert-OH is 1. The van der Waals surface area contributed by atoms with E-state index in [-0.39, 0.29) is 40.4 Å². The molecule has 0 saturated heterocycles. The summed E-state index contributed by atoms with van der Waals surface area (Å²) >= 11 is 6.35. The highest BCUT2D eigenvalue weighted by molar-refractivity contribution is 7.86. The van der Waals surface area contributed by atoms with Gasteiger partial charge in [0.2, 0.25) is 5.91 Å². The monoisotopic (exact) mass is 750 g/mol. The molecule has 0 fully saturated rings. The third kappa shape index (κ3) is 9.26. The highest BCUT2D eigenvalue weighted by atomic mass is 35.5. The van der Waals surface area contributed by atoms with Crippen LogP contribution in [0.4, 0.5) is 11.4 Å². The van der Waals surface area contributed by atoms with Gasteiger partial charge in [-0.1, -0.05) is 62.6 Å². The molecule has 1 unspecified atom stereocenters. The molecule has 3 amide bonds. The molecule has 1 aliphatic rings. The fourth-order valence-corrected chi connectivity index (χ4v) is 7.33. The molecule has 5 rings (SSSR count). The number of hydrogen-bond donors (Lipinski definition) is 3. The van der Waals surface area contributed by atoms with Crippen LogP contribution in [0.2, 0.25) is 5.02 Å². The number of hydrogen-bond acceptors (Lipinski definition) is 6. The summed E-state index contributed by atoms with van der Waals surface area (Å²) in [6.45, 7) is 8.75. The number of amides is 3. The molecule has 278 valence electrons. The molecule has 52 heavy (non-hydrogen) atoms. The van der Waals surface area contributed by atoms with Gasteiger partial charge >= 0.3 is 0 Å². The number of aromatic nitrogens is 2. The Morgan fingerprint density at radius 3 is 2.33 bits per heavy atom. The number of carbonyl (C=O) groups excluding carboxylic acids is 3. The molecule has 1 aromatic heterocycles. The van der Waals surface area contributed by atoms with Crippen LogP contribution in [0.25, 0.3) is 5.69 Å². The number of benzene rings is 3. The van der Waals surface area contributed by atoms with Gasteiger partial charge in [-0.2, -0.15) is 5.10 Å². The number of nitrogens with one attached hydrogen (secondary N) is 2. The van der Waals surface area contributed by atoms with E-state index < -0.39 is 17.0 Å². The fourth-order valence-electron chi connectivity index (χ4n) is 6.16. The minimum absolute atomic E-state index is 0. The largest absolute Gasteiger partial charge is 0.412 e. The summed E-state index contributed by atoms with van der Waals surface area (Å²) in [5, 5.41) is 18.0. The lowest BCUT2D eigenvalue weighted by Crippen LogP contribution is -2.46. The molecule has 12 nitrogen and oxygen atoms in total. The van der Waals surface area contributed by atoms with Gasteiger partial charge in [0.15, 0.2) is 5.69 Å². The van der Waals surface area contributed by atoms with Crippen molar-refractivity contribution in [2.24, 2.45) is 0 Å². The van der Waals surface area contributed by atoms with Crippen molar-refractivity contribution in [3.8, 4) is 5.69 Å². The minimum atomic E-state index is -1.78. The van der Waals surface area contributed by atoms with Crippen LogP contribution in [0.3, 0.4) is 0 Å². The van der Waals surface area contributed by atoms with E-state index in [9.17, 15) is 23.7 Å². The number of nitrogens with zero attached hydrogens (tertiary/aromatic N) is 4. The van der Waals surface area contributed by atoms with E-state index in [2.05, 4.69) is 23.9 Å². The lowest BCUT2D eigenvalue weighted by Gasteiger charge is -2.36. The van der Waals surface area contributed by atoms with E-state index in [4.69, 9.17) is 16.7 Å². The third-order valence-corrected chi connectivity index (χ3v) is 10.3. The van der Waals surface area contributed by atoms with Crippen LogP contribution in [-0.2, 0) is 28.7 Å². The van der Waals surface area contributed by atoms with Gasteiger partial charge in [-0.05, 0) is 79.8 Å². The normalized spacial score (nSPS) is 14.2. The van der Waals surface area contributed by atoms with Gasteiger partial charge in [-0.25, -0.2) is 8.89 Å². The first-order chi connectivity index (χ1) is 24.5. The van der Waals surface area contributed by atoms with Crippen molar-refractivity contribution < 1.29 is 29.2 Å². The molecule has 3 aromatic carbocycles. The Morgan fingerprint density at radius 1 is 1.00 bits per heavy atom. The molecule has 0 aliphatic carbocycles. The number of carbonyl (C=O) groups is 3. The van der Waals surface area contributed by atoms with E-state index >= 15 is 0 Å². The number of rotatable bonds is 14. The number of anilines is 2. The number of aryl methyl sites for hydroxylation is 1. The second kappa shape index (κ2) is 18.3. The van der Waals surface area contributed by atoms with Crippen LogP contribution >= 0.6 is 11.6 Å². The van der Waals surface area contributed by atoms with Crippen LogP contribution in [0.15, 0.2) is 71.6 Å². The molecule has 2 atom stereocenters. The highest BCUT2D eigenvalue weighted by Crippen LogP contribution is 2.30. The fraction of sp³-hybridized carbons (Fsp3) is 0.368. The lowest BCUT2D eigenvalue weighted by molar-refractivity contribution is -0.114. The maximum Gasteiger partial charge on any atom is 0.274 e. The van der Waals surface area contributed by atoms with Gasteiger partial charge in [0.25, 0.3) is 11.8 Å². The van der Waals surface area contributed by atoms with Crippen LogP contribution in [-0.4, -0.2) is 77.8 Å². The zero-order chi connectivity index (χ0) is 36.7. The molecule has 4 aromatic rings. The summed E-state index contributed by atoms with van der Waals surface area (Å²) in [5.41, 5.74) is 4.53. The number of fused-ring (bicyclic) bond motifs is 1. The van der Waals surface area contributed by atoms with E-state index in [1.54, 1.807) is 46.0 Å². The van der Waals surface area contributed by atoms with Crippen molar-refractivity contribution in [2.45, 2.75) is 77.3 Å². The van der Waals surface area contributed by atoms with Gasteiger partial charge in [0.1, 0.15) is 11.0 Å². The topological polar surface area (TPSA) is 168 Å². The Morgan fingerprint density at radius 2 is 1.69 bits per heavy atom. The average molecular weight is 751 g/mol.